The minimum atomic E-state index is 0.525. The summed E-state index contributed by atoms with van der Waals surface area (Å²) in [4.78, 5) is 12.7. The van der Waals surface area contributed by atoms with E-state index in [0.717, 1.165) is 24.1 Å². The Morgan fingerprint density at radius 2 is 2.29 bits per heavy atom. The Balaban J connectivity index is 3.15. The van der Waals surface area contributed by atoms with Gasteiger partial charge in [0.15, 0.2) is 0 Å². The Hall–Kier alpha value is -2.08. The van der Waals surface area contributed by atoms with Gasteiger partial charge < -0.3 is 4.90 Å². The first kappa shape index (κ1) is 13.0. The number of hydrogen-bond acceptors (Lipinski definition) is 3. The van der Waals surface area contributed by atoms with Crippen molar-refractivity contribution in [2.75, 3.05) is 18.0 Å². The van der Waals surface area contributed by atoms with Crippen molar-refractivity contribution in [3.05, 3.63) is 41.5 Å². The molecule has 1 rings (SSSR count). The minimum Gasteiger partial charge on any atom is -0.367 e. The lowest BCUT2D eigenvalue weighted by atomic mass is 10.1. The van der Waals surface area contributed by atoms with E-state index in [0.29, 0.717) is 17.7 Å². The quantitative estimate of drug-likeness (QED) is 0.575. The summed E-state index contributed by atoms with van der Waals surface area (Å²) in [5.74, 6) is 0. The van der Waals surface area contributed by atoms with Crippen molar-refractivity contribution in [1.29, 1.82) is 5.26 Å². The Kier molecular flexibility index (Phi) is 4.47. The predicted molar refractivity (Wildman–Crippen MR) is 69.2 cm³/mol. The second kappa shape index (κ2) is 5.86. The van der Waals surface area contributed by atoms with Gasteiger partial charge in [-0.2, -0.15) is 5.26 Å². The normalized spacial score (nSPS) is 9.47. The van der Waals surface area contributed by atoms with Crippen molar-refractivity contribution >= 4 is 12.0 Å². The fourth-order valence-corrected chi connectivity index (χ4v) is 1.69. The van der Waals surface area contributed by atoms with Crippen LogP contribution in [0.1, 0.15) is 29.8 Å². The van der Waals surface area contributed by atoms with Gasteiger partial charge in [0.05, 0.1) is 11.3 Å². The molecule has 0 bridgehead atoms. The molecule has 0 spiro atoms. The first-order valence-corrected chi connectivity index (χ1v) is 5.51. The lowest BCUT2D eigenvalue weighted by Gasteiger charge is -2.24. The first-order valence-electron chi connectivity index (χ1n) is 5.51. The highest BCUT2D eigenvalue weighted by Crippen LogP contribution is 2.21. The van der Waals surface area contributed by atoms with Gasteiger partial charge in [-0.25, -0.2) is 0 Å². The van der Waals surface area contributed by atoms with E-state index in [-0.39, 0.29) is 0 Å². The van der Waals surface area contributed by atoms with E-state index in [2.05, 4.69) is 17.5 Å². The highest BCUT2D eigenvalue weighted by Gasteiger charge is 2.10. The maximum atomic E-state index is 10.7. The van der Waals surface area contributed by atoms with Crippen molar-refractivity contribution < 1.29 is 4.79 Å². The van der Waals surface area contributed by atoms with Gasteiger partial charge in [0, 0.05) is 18.7 Å². The number of carbonyl (C=O) groups excluding carboxylic acids is 1. The number of nitrogens with zero attached hydrogens (tertiary/aromatic N) is 2. The van der Waals surface area contributed by atoms with E-state index in [4.69, 9.17) is 5.26 Å². The van der Waals surface area contributed by atoms with Crippen LogP contribution in [0.2, 0.25) is 0 Å². The molecule has 3 heteroatoms. The van der Waals surface area contributed by atoms with Crippen LogP contribution in [-0.2, 0) is 0 Å². The van der Waals surface area contributed by atoms with E-state index in [1.807, 2.05) is 19.9 Å². The summed E-state index contributed by atoms with van der Waals surface area (Å²) in [5.41, 5.74) is 2.94. The maximum Gasteiger partial charge on any atom is 0.150 e. The van der Waals surface area contributed by atoms with Crippen LogP contribution >= 0.6 is 0 Å². The molecular weight excluding hydrogens is 212 g/mol. The number of benzene rings is 1. The van der Waals surface area contributed by atoms with Crippen LogP contribution < -0.4 is 4.90 Å². The van der Waals surface area contributed by atoms with E-state index in [9.17, 15) is 4.79 Å². The third-order valence-corrected chi connectivity index (χ3v) is 2.46. The predicted octanol–water partition coefficient (Wildman–Crippen LogP) is 2.77. The molecule has 0 amide bonds. The molecule has 0 atom stereocenters. The third-order valence-electron chi connectivity index (χ3n) is 2.46. The topological polar surface area (TPSA) is 44.1 Å². The highest BCUT2D eigenvalue weighted by atomic mass is 16.1. The van der Waals surface area contributed by atoms with Crippen molar-refractivity contribution in [3.63, 3.8) is 0 Å². The van der Waals surface area contributed by atoms with Crippen LogP contribution in [0, 0.1) is 11.3 Å². The molecule has 0 aliphatic rings. The Labute approximate surface area is 102 Å². The van der Waals surface area contributed by atoms with Gasteiger partial charge in [0.1, 0.15) is 12.4 Å². The van der Waals surface area contributed by atoms with Crippen LogP contribution in [-0.4, -0.2) is 19.4 Å². The molecule has 1 aromatic rings. The average molecular weight is 228 g/mol. The zero-order valence-electron chi connectivity index (χ0n) is 10.2. The van der Waals surface area contributed by atoms with Gasteiger partial charge >= 0.3 is 0 Å². The molecule has 88 valence electrons. The maximum absolute atomic E-state index is 10.7. The van der Waals surface area contributed by atoms with Gasteiger partial charge in [0.2, 0.25) is 0 Å². The summed E-state index contributed by atoms with van der Waals surface area (Å²) in [7, 11) is 0. The molecule has 0 unspecified atom stereocenters. The van der Waals surface area contributed by atoms with Crippen molar-refractivity contribution in [1.82, 2.24) is 0 Å². The number of likely N-dealkylation sites (N-methyl/N-ethyl adjacent to an activating group) is 1. The summed E-state index contributed by atoms with van der Waals surface area (Å²) < 4.78 is 0. The zero-order valence-corrected chi connectivity index (χ0v) is 10.2. The van der Waals surface area contributed by atoms with E-state index < -0.39 is 0 Å². The fraction of sp³-hybridized carbons (Fsp3) is 0.286. The second-order valence-electron chi connectivity index (χ2n) is 3.98. The van der Waals surface area contributed by atoms with E-state index in [1.165, 1.54) is 0 Å². The molecule has 0 saturated carbocycles. The Morgan fingerprint density at radius 1 is 1.59 bits per heavy atom. The van der Waals surface area contributed by atoms with Crippen LogP contribution in [0.5, 0.6) is 0 Å². The average Bonchev–Trinajstić information content (AvgIpc) is 2.35. The van der Waals surface area contributed by atoms with Gasteiger partial charge in [-0.1, -0.05) is 12.2 Å². The largest absolute Gasteiger partial charge is 0.367 e. The molecule has 0 aliphatic carbocycles. The molecule has 0 saturated heterocycles. The van der Waals surface area contributed by atoms with E-state index in [1.54, 1.807) is 12.1 Å². The molecule has 0 heterocycles. The second-order valence-corrected chi connectivity index (χ2v) is 3.98. The molecule has 3 nitrogen and oxygen atoms in total. The van der Waals surface area contributed by atoms with Gasteiger partial charge in [-0.05, 0) is 32.0 Å². The Morgan fingerprint density at radius 3 is 2.76 bits per heavy atom. The van der Waals surface area contributed by atoms with Crippen LogP contribution in [0.15, 0.2) is 30.4 Å². The number of rotatable bonds is 5. The van der Waals surface area contributed by atoms with Crippen LogP contribution in [0.3, 0.4) is 0 Å². The van der Waals surface area contributed by atoms with Crippen LogP contribution in [0.4, 0.5) is 5.69 Å². The molecule has 1 aromatic carbocycles. The van der Waals surface area contributed by atoms with Crippen molar-refractivity contribution in [2.24, 2.45) is 0 Å². The molecule has 0 fully saturated rings. The molecule has 0 aliphatic heterocycles. The Bertz CT molecular complexity index is 472. The number of aldehydes is 1. The van der Waals surface area contributed by atoms with Crippen LogP contribution in [0.25, 0.3) is 0 Å². The third kappa shape index (κ3) is 3.18. The summed E-state index contributed by atoms with van der Waals surface area (Å²) >= 11 is 0. The molecule has 17 heavy (non-hydrogen) atoms. The first-order chi connectivity index (χ1) is 8.12. The SMILES string of the molecule is C=C(C)CN(CC)c1ccc(C=O)cc1C#N. The standard InChI is InChI=1S/C14H16N2O/c1-4-16(9-11(2)3)14-6-5-12(10-17)7-13(14)8-15/h5-7,10H,2,4,9H2,1,3H3. The van der Waals surface area contributed by atoms with Gasteiger partial charge in [-0.3, -0.25) is 4.79 Å². The number of carbonyl (C=O) groups is 1. The lowest BCUT2D eigenvalue weighted by molar-refractivity contribution is 0.112. The molecular formula is C14H16N2O. The zero-order chi connectivity index (χ0) is 12.8. The summed E-state index contributed by atoms with van der Waals surface area (Å²) in [6, 6.07) is 7.28. The van der Waals surface area contributed by atoms with Gasteiger partial charge in [0.25, 0.3) is 0 Å². The minimum absolute atomic E-state index is 0.525. The summed E-state index contributed by atoms with van der Waals surface area (Å²) in [5, 5.41) is 9.10. The smallest absolute Gasteiger partial charge is 0.150 e. The van der Waals surface area contributed by atoms with E-state index >= 15 is 0 Å². The monoisotopic (exact) mass is 228 g/mol. The highest BCUT2D eigenvalue weighted by molar-refractivity contribution is 5.78. The molecule has 0 radical (unpaired) electrons. The number of hydrogen-bond donors (Lipinski definition) is 0. The summed E-state index contributed by atoms with van der Waals surface area (Å²) in [6.45, 7) is 9.36. The summed E-state index contributed by atoms with van der Waals surface area (Å²) in [6.07, 6.45) is 0.750. The number of anilines is 1. The fourth-order valence-electron chi connectivity index (χ4n) is 1.69. The molecule has 0 aromatic heterocycles. The van der Waals surface area contributed by atoms with Crippen molar-refractivity contribution in [2.45, 2.75) is 13.8 Å². The van der Waals surface area contributed by atoms with Gasteiger partial charge in [-0.15, -0.1) is 0 Å². The van der Waals surface area contributed by atoms with Crippen molar-refractivity contribution in [3.8, 4) is 6.07 Å². The lowest BCUT2D eigenvalue weighted by Crippen LogP contribution is -2.25. The molecule has 0 N–H and O–H groups in total. The number of nitriles is 1.